The molecule has 0 bridgehead atoms. The van der Waals surface area contributed by atoms with E-state index in [-0.39, 0.29) is 80.5 Å². The molecule has 0 aromatic heterocycles. The number of hydrogen-bond donors (Lipinski definition) is 6. The maximum Gasteiger partial charge on any atom is 0.311 e. The van der Waals surface area contributed by atoms with E-state index in [0.29, 0.717) is 12.8 Å². The van der Waals surface area contributed by atoms with Crippen molar-refractivity contribution < 1.29 is 126 Å². The highest BCUT2D eigenvalue weighted by atomic mass is 16.7. The zero-order chi connectivity index (χ0) is 80.8. The second-order valence-electron chi connectivity index (χ2n) is 33.7. The predicted octanol–water partition coefficient (Wildman–Crippen LogP) is 6.19. The number of methoxy groups -OCH3 is 6. The normalized spacial score (nSPS) is 48.3. The maximum absolute atomic E-state index is 14.3. The van der Waals surface area contributed by atoms with Crippen LogP contribution in [0.5, 0.6) is 0 Å². The van der Waals surface area contributed by atoms with Gasteiger partial charge in [0.05, 0.1) is 95.3 Å². The Kier molecular flexibility index (Phi) is 34.1. The largest absolute Gasteiger partial charge is 0.459 e. The summed E-state index contributed by atoms with van der Waals surface area (Å²) in [6, 6.07) is -0.319. The first-order chi connectivity index (χ1) is 49.0. The first-order valence-corrected chi connectivity index (χ1v) is 38.5. The average molecular weight is 1520 g/mol. The fourth-order valence-electron chi connectivity index (χ4n) is 17.8. The van der Waals surface area contributed by atoms with Gasteiger partial charge in [0.2, 0.25) is 0 Å². The van der Waals surface area contributed by atoms with Gasteiger partial charge in [0.15, 0.2) is 25.2 Å². The molecule has 106 heavy (non-hydrogen) atoms. The molecule has 0 aliphatic carbocycles. The minimum Gasteiger partial charge on any atom is -0.459 e. The van der Waals surface area contributed by atoms with Crippen molar-refractivity contribution in [1.82, 2.24) is 9.80 Å². The smallest absolute Gasteiger partial charge is 0.311 e. The number of aliphatic hydroxyl groups excluding tert-OH is 4. The number of ketones is 2. The summed E-state index contributed by atoms with van der Waals surface area (Å²) in [5.41, 5.74) is -8.14. The lowest BCUT2D eigenvalue weighted by Gasteiger charge is -2.50. The topological polar surface area (TPSA) is 344 Å². The summed E-state index contributed by atoms with van der Waals surface area (Å²) in [6.45, 7) is 34.9. The lowest BCUT2D eigenvalue weighted by molar-refractivity contribution is -0.322. The Hall–Kier alpha value is -2.60. The molecule has 28 heteroatoms. The number of aliphatic hydroxyl groups is 6. The summed E-state index contributed by atoms with van der Waals surface area (Å²) < 4.78 is 101. The Morgan fingerprint density at radius 1 is 0.425 bits per heavy atom. The first kappa shape index (κ1) is 94.0. The summed E-state index contributed by atoms with van der Waals surface area (Å²) >= 11 is 0. The predicted molar refractivity (Wildman–Crippen MR) is 392 cm³/mol. The van der Waals surface area contributed by atoms with Crippen LogP contribution >= 0.6 is 0 Å². The molecule has 0 aromatic carbocycles. The molecule has 6 aliphatic heterocycles. The van der Waals surface area contributed by atoms with E-state index in [9.17, 15) is 49.8 Å². The van der Waals surface area contributed by atoms with E-state index in [0.717, 1.165) is 0 Å². The summed E-state index contributed by atoms with van der Waals surface area (Å²) in [4.78, 5) is 60.5. The number of ether oxygens (including phenoxy) is 16. The van der Waals surface area contributed by atoms with Crippen LogP contribution in [0.4, 0.5) is 0 Å². The molecule has 36 atom stereocenters. The number of carbonyl (C=O) groups is 4. The summed E-state index contributed by atoms with van der Waals surface area (Å²) in [5, 5.41) is 68.8. The molecule has 6 fully saturated rings. The fourth-order valence-corrected chi connectivity index (χ4v) is 17.8. The quantitative estimate of drug-likeness (QED) is 0.0833. The van der Waals surface area contributed by atoms with Crippen LogP contribution in [0.25, 0.3) is 0 Å². The SMILES string of the molecule is CC[C@@H]1OC(=O)[C@H](C)[C@H](O[C@@H]2C[C@@](C)(OC)[C@@H](O)[C@H](C)O2)[C@H](C)[C@@H](O[C@@H]2O[C@H](C)C[C@H](N(C)C)[C@H]2O)[C@](C)(OC)C[C@@H](C)C(=O)[C@H](C)[C@H](O)[C@]1(C)O.CC[C@@H]1OC(=O)[C@H](C)[C@H](O[C@@H]2C[C@@](C)(OC)[C@@H](OC)[C@H](C)O2)[C@H](C)[C@@H](O[C@@H]2O[C@H](C)C[C@H](N(C)C)[C@H]2OC)[C@](C)(OC)C[C@@H](C)C(=O)[C@H](C)[C@H](O)[C@]1(C)O. The lowest BCUT2D eigenvalue weighted by atomic mass is 9.73. The molecule has 0 unspecified atom stereocenters. The highest BCUT2D eigenvalue weighted by molar-refractivity contribution is 5.84. The first-order valence-electron chi connectivity index (χ1n) is 38.5. The van der Waals surface area contributed by atoms with Gasteiger partial charge in [-0.2, -0.15) is 0 Å². The van der Waals surface area contributed by atoms with Gasteiger partial charge in [0.1, 0.15) is 59.4 Å². The van der Waals surface area contributed by atoms with E-state index in [4.69, 9.17) is 75.8 Å². The summed E-state index contributed by atoms with van der Waals surface area (Å²) in [6.07, 6.45) is -15.0. The number of cyclic esters (lactones) is 2. The van der Waals surface area contributed by atoms with E-state index >= 15 is 0 Å². The minimum atomic E-state index is -1.96. The zero-order valence-electron chi connectivity index (χ0n) is 69.7. The number of carbonyl (C=O) groups excluding carboxylic acids is 4. The van der Waals surface area contributed by atoms with Gasteiger partial charge in [-0.15, -0.1) is 0 Å². The molecule has 6 aliphatic rings. The van der Waals surface area contributed by atoms with Crippen LogP contribution in [-0.4, -0.2) is 303 Å². The molecule has 0 aromatic rings. The second-order valence-corrected chi connectivity index (χ2v) is 33.7. The van der Waals surface area contributed by atoms with Crippen LogP contribution in [-0.2, 0) is 95.0 Å². The fraction of sp³-hybridized carbons (Fsp3) is 0.949. The van der Waals surface area contributed by atoms with Crippen LogP contribution < -0.4 is 0 Å². The summed E-state index contributed by atoms with van der Waals surface area (Å²) in [5.74, 6) is -8.62. The Morgan fingerprint density at radius 2 is 0.783 bits per heavy atom. The number of rotatable bonds is 18. The van der Waals surface area contributed by atoms with Gasteiger partial charge in [-0.25, -0.2) is 0 Å². The van der Waals surface area contributed by atoms with E-state index in [2.05, 4.69) is 4.90 Å². The van der Waals surface area contributed by atoms with Crippen molar-refractivity contribution in [2.24, 2.45) is 47.3 Å². The van der Waals surface area contributed by atoms with Gasteiger partial charge in [-0.05, 0) is 150 Å². The number of Topliss-reactive ketones (excluding diaryl/α,β-unsaturated/α-hetero) is 2. The molecule has 6 rings (SSSR count). The molecular formula is C78H142N2O26. The second kappa shape index (κ2) is 38.5. The van der Waals surface area contributed by atoms with Gasteiger partial charge < -0.3 is 116 Å². The Bertz CT molecular complexity index is 2770. The third kappa shape index (κ3) is 20.9. The molecule has 620 valence electrons. The van der Waals surface area contributed by atoms with Crippen LogP contribution in [0.2, 0.25) is 0 Å². The molecular weight excluding hydrogens is 1380 g/mol. The monoisotopic (exact) mass is 1520 g/mol. The van der Waals surface area contributed by atoms with Crippen LogP contribution in [0.3, 0.4) is 0 Å². The number of nitrogens with zero attached hydrogens (tertiary/aromatic N) is 2. The van der Waals surface area contributed by atoms with E-state index in [1.54, 1.807) is 105 Å². The Morgan fingerprint density at radius 3 is 1.15 bits per heavy atom. The Labute approximate surface area is 633 Å². The average Bonchev–Trinajstić information content (AvgIpc) is 0.773. The van der Waals surface area contributed by atoms with Crippen molar-refractivity contribution >= 4 is 23.5 Å². The number of likely N-dealkylation sites (N-methyl/N-ethyl adjacent to an activating group) is 2. The van der Waals surface area contributed by atoms with Crippen molar-refractivity contribution in [1.29, 1.82) is 0 Å². The van der Waals surface area contributed by atoms with E-state index in [1.807, 2.05) is 81.6 Å². The van der Waals surface area contributed by atoms with Crippen LogP contribution in [0, 0.1) is 47.3 Å². The van der Waals surface area contributed by atoms with E-state index in [1.165, 1.54) is 28.1 Å². The molecule has 6 heterocycles. The van der Waals surface area contributed by atoms with Crippen molar-refractivity contribution in [3.8, 4) is 0 Å². The lowest BCUT2D eigenvalue weighted by Crippen LogP contribution is -2.62. The Balaban J connectivity index is 0.000000381. The maximum atomic E-state index is 14.3. The van der Waals surface area contributed by atoms with Gasteiger partial charge in [-0.1, -0.05) is 55.4 Å². The number of esters is 2. The number of hydrogen-bond acceptors (Lipinski definition) is 28. The standard InChI is InChI=1S/C40H73NO13.C38H69NO13/c1-17-28-40(10,45)33(43)23(4)30(42)21(2)19-38(8,48-15)34(54-37-32(46-13)27(41(11)12)18-22(3)50-37)24(5)31(25(6)36(44)52-28)53-29-20-39(9,49-16)35(47-14)26(7)51-29;1-15-26-38(10,45)31(42)21(4)28(40)19(2)17-37(9,47-14)33(52-35-29(41)25(39(11)12)16-20(3)48-35)22(5)30(23(6)34(44)50-26)51-27-18-36(8,46-13)32(43)24(7)49-27/h21-29,31-35,37,43,45H,17-20H2,1-16H3;19-27,29-33,35,41-43,45H,15-18H2,1-14H3/t21-,22-,23+,24+,25-,26+,27+,28+,29-,31-,32-,33+,34-,35+,37+,38-,39-,40-;19-,20-,21+,22+,23-,24+,25+,26+,27-,29-,30-,31+,32+,33-,35+,36-,37-,38-/m11/s1. The summed E-state index contributed by atoms with van der Waals surface area (Å²) in [7, 11) is 17.2. The van der Waals surface area contributed by atoms with Crippen LogP contribution in [0.15, 0.2) is 0 Å². The molecule has 0 amide bonds. The molecule has 0 spiro atoms. The van der Waals surface area contributed by atoms with Gasteiger partial charge in [0.25, 0.3) is 0 Å². The van der Waals surface area contributed by atoms with Gasteiger partial charge in [-0.3, -0.25) is 19.2 Å². The zero-order valence-corrected chi connectivity index (χ0v) is 69.7. The van der Waals surface area contributed by atoms with Crippen molar-refractivity contribution in [3.05, 3.63) is 0 Å². The molecule has 0 radical (unpaired) electrons. The minimum absolute atomic E-state index is 0.0356. The molecule has 6 saturated heterocycles. The van der Waals surface area contributed by atoms with Crippen molar-refractivity contribution in [2.45, 2.75) is 358 Å². The molecule has 6 N–H and O–H groups in total. The third-order valence-electron chi connectivity index (χ3n) is 25.0. The van der Waals surface area contributed by atoms with Crippen molar-refractivity contribution in [3.63, 3.8) is 0 Å². The van der Waals surface area contributed by atoms with Gasteiger partial charge in [0, 0.05) is 103 Å². The molecule has 28 nitrogen and oxygen atoms in total. The van der Waals surface area contributed by atoms with Crippen LogP contribution in [0.1, 0.15) is 190 Å². The van der Waals surface area contributed by atoms with Gasteiger partial charge >= 0.3 is 11.9 Å². The highest BCUT2D eigenvalue weighted by Crippen LogP contribution is 2.46. The third-order valence-corrected chi connectivity index (χ3v) is 25.0. The van der Waals surface area contributed by atoms with E-state index < -0.39 is 197 Å². The van der Waals surface area contributed by atoms with Crippen molar-refractivity contribution in [2.75, 3.05) is 70.8 Å². The highest BCUT2D eigenvalue weighted by Gasteiger charge is 2.58. The molecule has 0 saturated carbocycles.